The number of amides is 1. The van der Waals surface area contributed by atoms with E-state index < -0.39 is 26.2 Å². The molecule has 0 aliphatic carbocycles. The van der Waals surface area contributed by atoms with Crippen LogP contribution in [0.4, 0.5) is 11.4 Å². The van der Waals surface area contributed by atoms with Gasteiger partial charge in [0.25, 0.3) is 15.6 Å². The summed E-state index contributed by atoms with van der Waals surface area (Å²) in [5.74, 6) is -0.0780. The van der Waals surface area contributed by atoms with Crippen molar-refractivity contribution >= 4 is 27.3 Å². The number of hydrogen-bond donors (Lipinski definition) is 1. The van der Waals surface area contributed by atoms with Gasteiger partial charge in [-0.1, -0.05) is 0 Å². The van der Waals surface area contributed by atoms with Gasteiger partial charge in [0.1, 0.15) is 0 Å². The minimum atomic E-state index is -4.18. The highest BCUT2D eigenvalue weighted by molar-refractivity contribution is 7.92. The molecule has 1 amide bonds. The molecule has 9 nitrogen and oxygen atoms in total. The number of benzene rings is 1. The zero-order chi connectivity index (χ0) is 19.2. The first-order chi connectivity index (χ1) is 12.1. The molecule has 1 aliphatic heterocycles. The largest absolute Gasteiger partial charge is 0.330 e. The fourth-order valence-electron chi connectivity index (χ4n) is 2.96. The maximum Gasteiger partial charge on any atom is 0.330 e. The first-order valence-electron chi connectivity index (χ1n) is 7.82. The smallest absolute Gasteiger partial charge is 0.312 e. The second kappa shape index (κ2) is 6.13. The predicted octanol–water partition coefficient (Wildman–Crippen LogP) is -0.206. The lowest BCUT2D eigenvalue weighted by atomic mass is 10.1. The molecular formula is C16H18N4O5S. The molecule has 0 radical (unpaired) electrons. The molecular weight excluding hydrogens is 360 g/mol. The van der Waals surface area contributed by atoms with Crippen molar-refractivity contribution in [3.63, 3.8) is 0 Å². The molecule has 0 fully saturated rings. The Morgan fingerprint density at radius 2 is 1.88 bits per heavy atom. The number of hydrogen-bond acceptors (Lipinski definition) is 5. The van der Waals surface area contributed by atoms with Crippen LogP contribution < -0.4 is 20.9 Å². The molecule has 0 atom stereocenters. The monoisotopic (exact) mass is 378 g/mol. The molecule has 1 N–H and O–H groups in total. The van der Waals surface area contributed by atoms with Crippen LogP contribution in [-0.2, 0) is 35.3 Å². The van der Waals surface area contributed by atoms with E-state index in [1.807, 2.05) is 0 Å². The van der Waals surface area contributed by atoms with Gasteiger partial charge in [-0.3, -0.25) is 18.9 Å². The molecule has 138 valence electrons. The van der Waals surface area contributed by atoms with Crippen molar-refractivity contribution in [2.45, 2.75) is 18.2 Å². The van der Waals surface area contributed by atoms with Crippen molar-refractivity contribution < 1.29 is 13.2 Å². The van der Waals surface area contributed by atoms with Crippen molar-refractivity contribution in [3.8, 4) is 0 Å². The van der Waals surface area contributed by atoms with Gasteiger partial charge in [0, 0.05) is 45.1 Å². The molecule has 0 unspecified atom stereocenters. The van der Waals surface area contributed by atoms with Crippen LogP contribution in [0.3, 0.4) is 0 Å². The molecule has 1 aliphatic rings. The Bertz CT molecular complexity index is 1130. The Labute approximate surface area is 149 Å². The van der Waals surface area contributed by atoms with Crippen LogP contribution in [0.1, 0.15) is 12.5 Å². The van der Waals surface area contributed by atoms with E-state index >= 15 is 0 Å². The third-order valence-corrected chi connectivity index (χ3v) is 5.68. The molecule has 2 heterocycles. The maximum absolute atomic E-state index is 12.6. The van der Waals surface area contributed by atoms with Gasteiger partial charge in [-0.2, -0.15) is 0 Å². The number of sulfonamides is 1. The summed E-state index contributed by atoms with van der Waals surface area (Å²) in [7, 11) is -1.59. The molecule has 0 spiro atoms. The van der Waals surface area contributed by atoms with Crippen molar-refractivity contribution in [1.82, 2.24) is 9.13 Å². The first kappa shape index (κ1) is 17.9. The molecule has 26 heavy (non-hydrogen) atoms. The Hall–Kier alpha value is -2.88. The van der Waals surface area contributed by atoms with E-state index in [4.69, 9.17) is 0 Å². The molecule has 0 bridgehead atoms. The predicted molar refractivity (Wildman–Crippen MR) is 95.9 cm³/mol. The summed E-state index contributed by atoms with van der Waals surface area (Å²) in [6.07, 6.45) is 1.62. The minimum absolute atomic E-state index is 0.0780. The lowest BCUT2D eigenvalue weighted by Crippen LogP contribution is -2.40. The Morgan fingerprint density at radius 1 is 1.19 bits per heavy atom. The number of nitrogens with one attached hydrogen (secondary N) is 1. The van der Waals surface area contributed by atoms with Gasteiger partial charge in [-0.05, 0) is 30.2 Å². The summed E-state index contributed by atoms with van der Waals surface area (Å²) in [5, 5.41) is 0. The van der Waals surface area contributed by atoms with Crippen molar-refractivity contribution in [2.75, 3.05) is 16.2 Å². The van der Waals surface area contributed by atoms with Gasteiger partial charge >= 0.3 is 5.69 Å². The third-order valence-electron chi connectivity index (χ3n) is 4.31. The van der Waals surface area contributed by atoms with Crippen LogP contribution in [0.2, 0.25) is 0 Å². The normalized spacial score (nSPS) is 13.6. The van der Waals surface area contributed by atoms with E-state index in [1.165, 1.54) is 27.1 Å². The number of nitrogens with zero attached hydrogens (tertiary/aromatic N) is 3. The lowest BCUT2D eigenvalue weighted by Gasteiger charge is -2.15. The van der Waals surface area contributed by atoms with E-state index in [0.29, 0.717) is 13.0 Å². The van der Waals surface area contributed by atoms with Crippen LogP contribution in [0.5, 0.6) is 0 Å². The van der Waals surface area contributed by atoms with Gasteiger partial charge in [-0.15, -0.1) is 0 Å². The molecule has 1 aromatic carbocycles. The number of anilines is 2. The molecule has 0 saturated carbocycles. The van der Waals surface area contributed by atoms with E-state index in [2.05, 4.69) is 4.72 Å². The summed E-state index contributed by atoms with van der Waals surface area (Å²) in [5.41, 5.74) is 0.359. The van der Waals surface area contributed by atoms with Crippen LogP contribution >= 0.6 is 0 Å². The molecule has 1 aromatic heterocycles. The zero-order valence-electron chi connectivity index (χ0n) is 14.5. The second-order valence-corrected chi connectivity index (χ2v) is 7.77. The van der Waals surface area contributed by atoms with Gasteiger partial charge in [0.2, 0.25) is 5.91 Å². The highest BCUT2D eigenvalue weighted by Gasteiger charge is 2.25. The van der Waals surface area contributed by atoms with Crippen molar-refractivity contribution in [3.05, 3.63) is 50.8 Å². The topological polar surface area (TPSA) is 110 Å². The minimum Gasteiger partial charge on any atom is -0.312 e. The van der Waals surface area contributed by atoms with Crippen LogP contribution in [-0.4, -0.2) is 30.0 Å². The van der Waals surface area contributed by atoms with E-state index in [0.717, 1.165) is 26.6 Å². The van der Waals surface area contributed by atoms with Gasteiger partial charge in [-0.25, -0.2) is 13.2 Å². The number of fused-ring (bicyclic) bond motifs is 1. The third kappa shape index (κ3) is 2.92. The standard InChI is InChI=1S/C16H18N4O5S/c1-10(21)20-7-6-11-8-12(4-5-13(11)20)17-26(24,25)14-9-18(2)16(23)19(3)15(14)22/h4-5,8-9,17H,6-7H2,1-3H3. The fraction of sp³-hybridized carbons (Fsp3) is 0.312. The summed E-state index contributed by atoms with van der Waals surface area (Å²) in [6.45, 7) is 2.02. The van der Waals surface area contributed by atoms with Crippen LogP contribution in [0.15, 0.2) is 38.9 Å². The van der Waals surface area contributed by atoms with Gasteiger partial charge in [0.15, 0.2) is 4.90 Å². The average molecular weight is 378 g/mol. The quantitative estimate of drug-likeness (QED) is 0.795. The highest BCUT2D eigenvalue weighted by Crippen LogP contribution is 2.31. The van der Waals surface area contributed by atoms with Gasteiger partial charge < -0.3 is 9.47 Å². The van der Waals surface area contributed by atoms with Crippen molar-refractivity contribution in [2.24, 2.45) is 14.1 Å². The summed E-state index contributed by atoms with van der Waals surface area (Å²) >= 11 is 0. The first-order valence-corrected chi connectivity index (χ1v) is 9.30. The number of carbonyl (C=O) groups is 1. The average Bonchev–Trinajstić information content (AvgIpc) is 2.99. The fourth-order valence-corrected chi connectivity index (χ4v) is 4.17. The Balaban J connectivity index is 1.99. The van der Waals surface area contributed by atoms with E-state index in [-0.39, 0.29) is 11.6 Å². The van der Waals surface area contributed by atoms with E-state index in [9.17, 15) is 22.8 Å². The Morgan fingerprint density at radius 3 is 2.54 bits per heavy atom. The van der Waals surface area contributed by atoms with E-state index in [1.54, 1.807) is 17.0 Å². The van der Waals surface area contributed by atoms with Crippen LogP contribution in [0, 0.1) is 0 Å². The summed E-state index contributed by atoms with van der Waals surface area (Å²) < 4.78 is 29.3. The maximum atomic E-state index is 12.6. The number of aryl methyl sites for hydroxylation is 1. The highest BCUT2D eigenvalue weighted by atomic mass is 32.2. The SMILES string of the molecule is CC(=O)N1CCc2cc(NS(=O)(=O)c3cn(C)c(=O)n(C)c3=O)ccc21. The number of rotatable bonds is 3. The summed E-state index contributed by atoms with van der Waals surface area (Å²) in [6, 6.07) is 4.84. The number of aromatic nitrogens is 2. The van der Waals surface area contributed by atoms with Crippen molar-refractivity contribution in [1.29, 1.82) is 0 Å². The van der Waals surface area contributed by atoms with Crippen LogP contribution in [0.25, 0.3) is 0 Å². The zero-order valence-corrected chi connectivity index (χ0v) is 15.3. The Kier molecular flexibility index (Phi) is 4.23. The molecule has 0 saturated heterocycles. The molecule has 2 aromatic rings. The molecule has 10 heteroatoms. The number of carbonyl (C=O) groups excluding carboxylic acids is 1. The second-order valence-electron chi connectivity index (χ2n) is 6.12. The summed E-state index contributed by atoms with van der Waals surface area (Å²) in [4.78, 5) is 36.6. The van der Waals surface area contributed by atoms with Gasteiger partial charge in [0.05, 0.1) is 0 Å². The molecule has 3 rings (SSSR count). The lowest BCUT2D eigenvalue weighted by molar-refractivity contribution is -0.116.